The minimum atomic E-state index is -0.0790. The molecule has 2 aliphatic carbocycles. The van der Waals surface area contributed by atoms with Crippen molar-refractivity contribution in [1.82, 2.24) is 5.32 Å². The third-order valence-electron chi connectivity index (χ3n) is 10.8. The van der Waals surface area contributed by atoms with Gasteiger partial charge in [0.15, 0.2) is 5.78 Å². The van der Waals surface area contributed by atoms with Gasteiger partial charge in [-0.3, -0.25) is 10.1 Å². The van der Waals surface area contributed by atoms with Gasteiger partial charge in [0.25, 0.3) is 0 Å². The molecule has 1 heterocycles. The van der Waals surface area contributed by atoms with E-state index in [4.69, 9.17) is 0 Å². The number of anilines is 1. The zero-order valence-electron chi connectivity index (χ0n) is 30.6. The van der Waals surface area contributed by atoms with Crippen LogP contribution < -0.4 is 10.2 Å². The summed E-state index contributed by atoms with van der Waals surface area (Å²) in [5.41, 5.74) is 9.12. The van der Waals surface area contributed by atoms with Crippen molar-refractivity contribution in [3.63, 3.8) is 0 Å². The first kappa shape index (κ1) is 36.6. The zero-order valence-corrected chi connectivity index (χ0v) is 30.6. The number of carbonyl (C=O) groups excluding carboxylic acids is 1. The van der Waals surface area contributed by atoms with E-state index in [9.17, 15) is 10.1 Å². The number of nitrogens with zero attached hydrogens (tertiary/aromatic N) is 2. The molecular weight excluding hydrogens is 599 g/mol. The van der Waals surface area contributed by atoms with Gasteiger partial charge < -0.3 is 4.90 Å². The average molecular weight is 658 g/mol. The fraction of sp³-hybridized carbons (Fsp3) is 0.511. The third kappa shape index (κ3) is 10.7. The van der Waals surface area contributed by atoms with Crippen molar-refractivity contribution in [2.45, 2.75) is 129 Å². The summed E-state index contributed by atoms with van der Waals surface area (Å²) in [6.07, 6.45) is 26.5. The molecule has 0 aromatic heterocycles. The van der Waals surface area contributed by atoms with Crippen LogP contribution in [0.25, 0.3) is 5.57 Å². The van der Waals surface area contributed by atoms with Gasteiger partial charge in [0.2, 0.25) is 0 Å². The van der Waals surface area contributed by atoms with E-state index in [1.165, 1.54) is 86.5 Å². The van der Waals surface area contributed by atoms with E-state index >= 15 is 0 Å². The Labute approximate surface area is 297 Å². The highest BCUT2D eigenvalue weighted by Gasteiger charge is 2.29. The molecule has 0 spiro atoms. The Morgan fingerprint density at radius 2 is 1.86 bits per heavy atom. The number of ketones is 1. The number of rotatable bonds is 19. The highest BCUT2D eigenvalue weighted by atomic mass is 16.1. The maximum absolute atomic E-state index is 14.3. The van der Waals surface area contributed by atoms with Gasteiger partial charge in [0.1, 0.15) is 0 Å². The van der Waals surface area contributed by atoms with Gasteiger partial charge in [-0.1, -0.05) is 100 Å². The molecule has 5 rings (SSSR count). The molecule has 260 valence electrons. The smallest absolute Gasteiger partial charge is 0.163 e. The summed E-state index contributed by atoms with van der Waals surface area (Å²) in [7, 11) is 2.13. The number of Topliss-reactive ketones (excluding diaryl/α,β-unsaturated/α-hetero) is 1. The van der Waals surface area contributed by atoms with E-state index in [0.717, 1.165) is 54.1 Å². The minimum Gasteiger partial charge on any atom is -0.355 e. The Morgan fingerprint density at radius 3 is 2.59 bits per heavy atom. The van der Waals surface area contributed by atoms with Gasteiger partial charge in [-0.2, -0.15) is 5.26 Å². The number of benzene rings is 2. The first-order valence-electron chi connectivity index (χ1n) is 19.3. The molecule has 2 aromatic carbocycles. The summed E-state index contributed by atoms with van der Waals surface area (Å²) >= 11 is 0. The summed E-state index contributed by atoms with van der Waals surface area (Å²) in [5, 5.41) is 13.1. The van der Waals surface area contributed by atoms with Crippen molar-refractivity contribution < 1.29 is 4.79 Å². The number of hydrogen-bond acceptors (Lipinski definition) is 4. The van der Waals surface area contributed by atoms with Gasteiger partial charge >= 0.3 is 0 Å². The fourth-order valence-corrected chi connectivity index (χ4v) is 7.42. The highest BCUT2D eigenvalue weighted by Crippen LogP contribution is 2.39. The number of carbonyl (C=O) groups is 1. The second-order valence-electron chi connectivity index (χ2n) is 14.9. The molecule has 2 aromatic rings. The average Bonchev–Trinajstić information content (AvgIpc) is 3.95. The lowest BCUT2D eigenvalue weighted by Crippen LogP contribution is -2.44. The van der Waals surface area contributed by atoms with Crippen LogP contribution in [0.3, 0.4) is 0 Å². The van der Waals surface area contributed by atoms with Crippen molar-refractivity contribution in [1.29, 1.82) is 5.26 Å². The molecule has 0 radical (unpaired) electrons. The Kier molecular flexibility index (Phi) is 13.7. The number of unbranched alkanes of at least 4 members (excludes halogenated alkanes) is 3. The second kappa shape index (κ2) is 18.4. The van der Waals surface area contributed by atoms with Crippen LogP contribution in [0, 0.1) is 23.2 Å². The van der Waals surface area contributed by atoms with Crippen LogP contribution in [-0.2, 0) is 17.8 Å². The first-order chi connectivity index (χ1) is 23.9. The summed E-state index contributed by atoms with van der Waals surface area (Å²) in [4.78, 5) is 16.6. The monoisotopic (exact) mass is 657 g/mol. The zero-order chi connectivity index (χ0) is 34.6. The number of hydrogen-bond donors (Lipinski definition) is 1. The summed E-state index contributed by atoms with van der Waals surface area (Å²) < 4.78 is 0. The maximum atomic E-state index is 14.3. The standard InChI is InChI=1S/C45H59N3O/c1-5-7-9-11-33(3)15-16-34(12-8-6-2)21-26-44(49)42-30-45(47-32-38-14-10-13-37(28-38)27-35-17-18-35)48(4)43-25-24-40(29-41(42)43)39-22-19-36(31-46)20-23-39/h10,13-15,19-20,22,24-25,28-30,34-35,39,45,47H,5-9,11-12,16-18,21,23,26-27,32H2,1-4H3/b33-15-/t34-,39+,45?/m0/s1. The number of nitrogens with one attached hydrogen (secondary N) is 1. The van der Waals surface area contributed by atoms with Crippen molar-refractivity contribution >= 4 is 17.0 Å². The van der Waals surface area contributed by atoms with Crippen molar-refractivity contribution in [2.24, 2.45) is 11.8 Å². The summed E-state index contributed by atoms with van der Waals surface area (Å²) in [5.74, 6) is 1.86. The Bertz CT molecular complexity index is 1580. The second-order valence-corrected chi connectivity index (χ2v) is 14.9. The van der Waals surface area contributed by atoms with Crippen LogP contribution in [0.1, 0.15) is 132 Å². The topological polar surface area (TPSA) is 56.1 Å². The normalized spacial score (nSPS) is 19.6. The van der Waals surface area contributed by atoms with Gasteiger partial charge in [0, 0.05) is 48.3 Å². The van der Waals surface area contributed by atoms with Crippen LogP contribution in [-0.4, -0.2) is 19.0 Å². The Morgan fingerprint density at radius 1 is 1.04 bits per heavy atom. The first-order valence-corrected chi connectivity index (χ1v) is 19.3. The van der Waals surface area contributed by atoms with Crippen LogP contribution in [0.4, 0.5) is 5.69 Å². The van der Waals surface area contributed by atoms with E-state index in [-0.39, 0.29) is 17.9 Å². The SMILES string of the molecule is CCCCC/C(C)=C\C[C@H](CCCC)CCC(=O)C1=CC(NCc2cccc(CC3CC3)c2)N(C)c2ccc([C@@H]3C=CC(C#N)=CC3)cc21. The predicted octanol–water partition coefficient (Wildman–Crippen LogP) is 11.2. The summed E-state index contributed by atoms with van der Waals surface area (Å²) in [6.45, 7) is 7.56. The Hall–Kier alpha value is -3.68. The van der Waals surface area contributed by atoms with E-state index in [1.54, 1.807) is 0 Å². The summed E-state index contributed by atoms with van der Waals surface area (Å²) in [6, 6.07) is 17.9. The van der Waals surface area contributed by atoms with Crippen molar-refractivity contribution in [3.05, 3.63) is 106 Å². The molecule has 1 fully saturated rings. The van der Waals surface area contributed by atoms with E-state index < -0.39 is 0 Å². The molecule has 4 nitrogen and oxygen atoms in total. The molecule has 1 N–H and O–H groups in total. The molecule has 4 heteroatoms. The molecule has 0 saturated heterocycles. The predicted molar refractivity (Wildman–Crippen MR) is 206 cm³/mol. The van der Waals surface area contributed by atoms with Crippen LogP contribution in [0.15, 0.2) is 84.0 Å². The molecule has 3 atom stereocenters. The lowest BCUT2D eigenvalue weighted by Gasteiger charge is -2.36. The maximum Gasteiger partial charge on any atom is 0.163 e. The minimum absolute atomic E-state index is 0.0790. The lowest BCUT2D eigenvalue weighted by molar-refractivity contribution is -0.114. The molecule has 1 saturated carbocycles. The van der Waals surface area contributed by atoms with Gasteiger partial charge in [-0.05, 0) is 111 Å². The van der Waals surface area contributed by atoms with Crippen LogP contribution in [0.5, 0.6) is 0 Å². The van der Waals surface area contributed by atoms with Gasteiger partial charge in [0.05, 0.1) is 12.2 Å². The quantitative estimate of drug-likeness (QED) is 0.121. The van der Waals surface area contributed by atoms with Crippen LogP contribution in [0.2, 0.25) is 0 Å². The van der Waals surface area contributed by atoms with Crippen LogP contribution >= 0.6 is 0 Å². The molecular formula is C45H59N3O. The number of likely N-dealkylation sites (N-methyl/N-ethyl adjacent to an activating group) is 1. The molecule has 1 aliphatic heterocycles. The third-order valence-corrected chi connectivity index (χ3v) is 10.8. The number of nitriles is 1. The number of fused-ring (bicyclic) bond motifs is 1. The highest BCUT2D eigenvalue weighted by molar-refractivity contribution is 6.23. The molecule has 0 amide bonds. The van der Waals surface area contributed by atoms with Crippen molar-refractivity contribution in [2.75, 3.05) is 11.9 Å². The largest absolute Gasteiger partial charge is 0.355 e. The van der Waals surface area contributed by atoms with E-state index in [2.05, 4.69) is 105 Å². The number of allylic oxidation sites excluding steroid dienone is 7. The molecule has 49 heavy (non-hydrogen) atoms. The fourth-order valence-electron chi connectivity index (χ4n) is 7.42. The molecule has 1 unspecified atom stereocenters. The van der Waals surface area contributed by atoms with E-state index in [1.807, 2.05) is 12.2 Å². The molecule has 0 bridgehead atoms. The molecule has 3 aliphatic rings. The van der Waals surface area contributed by atoms with Gasteiger partial charge in [-0.25, -0.2) is 0 Å². The lowest BCUT2D eigenvalue weighted by atomic mass is 9.84. The van der Waals surface area contributed by atoms with Crippen molar-refractivity contribution in [3.8, 4) is 6.07 Å². The van der Waals surface area contributed by atoms with Gasteiger partial charge in [-0.15, -0.1) is 0 Å². The van der Waals surface area contributed by atoms with E-state index in [0.29, 0.717) is 12.3 Å². The Balaban J connectivity index is 1.35.